The molecule has 3 rings (SSSR count). The molecule has 1 aliphatic heterocycles. The van der Waals surface area contributed by atoms with Gasteiger partial charge >= 0.3 is 12.4 Å². The summed E-state index contributed by atoms with van der Waals surface area (Å²) in [7, 11) is 0. The van der Waals surface area contributed by atoms with E-state index >= 15 is 0 Å². The van der Waals surface area contributed by atoms with Gasteiger partial charge < -0.3 is 14.7 Å². The summed E-state index contributed by atoms with van der Waals surface area (Å²) in [5.41, 5.74) is -6.26. The van der Waals surface area contributed by atoms with Crippen molar-refractivity contribution < 1.29 is 41.0 Å². The molecule has 1 atom stereocenters. The van der Waals surface area contributed by atoms with E-state index in [0.717, 1.165) is 17.8 Å². The van der Waals surface area contributed by atoms with E-state index in [2.05, 4.69) is 0 Å². The number of nitrogens with zero attached hydrogens (tertiary/aromatic N) is 1. The third-order valence-corrected chi connectivity index (χ3v) is 6.75. The van der Waals surface area contributed by atoms with Crippen LogP contribution in [-0.2, 0) is 10.4 Å². The minimum Gasteiger partial charge on any atom is -0.484 e. The molecule has 1 amide bonds. The molecular weight excluding hydrogens is 496 g/mol. The Balaban J connectivity index is 1.93. The van der Waals surface area contributed by atoms with Crippen LogP contribution in [0.25, 0.3) is 0 Å². The van der Waals surface area contributed by atoms with Crippen LogP contribution in [-0.4, -0.2) is 41.8 Å². The number of fused-ring (bicyclic) bond motifs is 1. The second kappa shape index (κ2) is 9.27. The first kappa shape index (κ1) is 25.5. The number of anilines is 1. The molecule has 1 aliphatic rings. The van der Waals surface area contributed by atoms with E-state index in [4.69, 9.17) is 16.3 Å². The topological polar surface area (TPSA) is 49.8 Å². The molecule has 2 aromatic rings. The third kappa shape index (κ3) is 5.04. The molecule has 0 spiro atoms. The van der Waals surface area contributed by atoms with Crippen LogP contribution < -0.4 is 9.64 Å². The minimum absolute atomic E-state index is 0.0253. The highest BCUT2D eigenvalue weighted by Gasteiger charge is 2.71. The van der Waals surface area contributed by atoms with Gasteiger partial charge in [-0.05, 0) is 42.8 Å². The Hall–Kier alpha value is -2.11. The highest BCUT2D eigenvalue weighted by Crippen LogP contribution is 2.52. The van der Waals surface area contributed by atoms with E-state index in [9.17, 15) is 36.2 Å². The zero-order chi connectivity index (χ0) is 24.6. The fourth-order valence-electron chi connectivity index (χ4n) is 3.27. The molecule has 180 valence electrons. The van der Waals surface area contributed by atoms with Gasteiger partial charge in [-0.2, -0.15) is 26.3 Å². The van der Waals surface area contributed by atoms with Gasteiger partial charge in [0, 0.05) is 27.3 Å². The minimum atomic E-state index is -6.00. The molecule has 0 saturated heterocycles. The van der Waals surface area contributed by atoms with E-state index in [1.165, 1.54) is 4.90 Å². The first-order chi connectivity index (χ1) is 15.3. The van der Waals surface area contributed by atoms with Crippen molar-refractivity contribution in [3.8, 4) is 5.75 Å². The number of aliphatic hydroxyl groups is 1. The average molecular weight is 514 g/mol. The Kier molecular flexibility index (Phi) is 7.16. The number of alkyl halides is 6. The number of thioether (sulfide) groups is 1. The summed E-state index contributed by atoms with van der Waals surface area (Å²) in [4.78, 5) is 14.1. The molecular formula is C21H18ClF6NO3S. The van der Waals surface area contributed by atoms with E-state index in [1.807, 2.05) is 0 Å². The molecule has 1 N–H and O–H groups in total. The number of carbonyl (C=O) groups is 1. The lowest BCUT2D eigenvalue weighted by atomic mass is 9.92. The van der Waals surface area contributed by atoms with Crippen LogP contribution in [0.3, 0.4) is 0 Å². The number of carbonyl (C=O) groups excluding carboxylic acids is 1. The molecule has 33 heavy (non-hydrogen) atoms. The van der Waals surface area contributed by atoms with Crippen LogP contribution >= 0.6 is 23.4 Å². The number of hydrogen-bond donors (Lipinski definition) is 1. The Morgan fingerprint density at radius 1 is 1.12 bits per heavy atom. The van der Waals surface area contributed by atoms with Gasteiger partial charge in [-0.1, -0.05) is 24.6 Å². The molecule has 0 radical (unpaired) electrons. The Labute approximate surface area is 194 Å². The molecule has 1 heterocycles. The summed E-state index contributed by atoms with van der Waals surface area (Å²) >= 11 is 6.84. The molecule has 0 aliphatic carbocycles. The Morgan fingerprint density at radius 2 is 1.73 bits per heavy atom. The van der Waals surface area contributed by atoms with Crippen LogP contribution in [0.1, 0.15) is 18.9 Å². The van der Waals surface area contributed by atoms with Crippen LogP contribution in [0.5, 0.6) is 5.75 Å². The second-order valence-corrected chi connectivity index (χ2v) is 9.06. The van der Waals surface area contributed by atoms with E-state index < -0.39 is 36.0 Å². The molecule has 0 aromatic heterocycles. The monoisotopic (exact) mass is 513 g/mol. The van der Waals surface area contributed by atoms with Crippen LogP contribution in [0.4, 0.5) is 32.0 Å². The zero-order valence-corrected chi connectivity index (χ0v) is 18.6. The third-order valence-electron chi connectivity index (χ3n) is 5.10. The van der Waals surface area contributed by atoms with Crippen molar-refractivity contribution in [3.05, 3.63) is 53.1 Å². The van der Waals surface area contributed by atoms with Crippen molar-refractivity contribution in [2.24, 2.45) is 0 Å². The van der Waals surface area contributed by atoms with Crippen molar-refractivity contribution in [1.29, 1.82) is 0 Å². The van der Waals surface area contributed by atoms with Gasteiger partial charge in [-0.25, -0.2) is 0 Å². The van der Waals surface area contributed by atoms with Crippen molar-refractivity contribution in [3.63, 3.8) is 0 Å². The van der Waals surface area contributed by atoms with Gasteiger partial charge in [0.15, 0.2) is 6.61 Å². The maximum absolute atomic E-state index is 13.3. The van der Waals surface area contributed by atoms with Gasteiger partial charge in [-0.3, -0.25) is 4.79 Å². The van der Waals surface area contributed by atoms with E-state index in [-0.39, 0.29) is 22.4 Å². The highest BCUT2D eigenvalue weighted by atomic mass is 35.5. The standard InChI is InChI=1S/C21H18ClF6NO3S/c1-2-15-10-29(18(30)11-32-14-6-4-13(22)5-7-14)16-8-3-12(9-17(16)33-15)19(31,20(23,24)25)21(26,27)28/h3-9,15,31H,2,10-11H2,1H3. The molecule has 0 saturated carbocycles. The highest BCUT2D eigenvalue weighted by molar-refractivity contribution is 8.00. The van der Waals surface area contributed by atoms with Crippen molar-refractivity contribution in [1.82, 2.24) is 0 Å². The fourth-order valence-corrected chi connectivity index (χ4v) is 4.64. The number of ether oxygens (including phenoxy) is 1. The summed E-state index contributed by atoms with van der Waals surface area (Å²) in [6, 6.07) is 8.37. The van der Waals surface area contributed by atoms with E-state index in [0.29, 0.717) is 29.3 Å². The normalized spacial score (nSPS) is 17.0. The van der Waals surface area contributed by atoms with Crippen molar-refractivity contribution in [2.75, 3.05) is 18.1 Å². The summed E-state index contributed by atoms with van der Waals surface area (Å²) in [6.45, 7) is 1.57. The fraction of sp³-hybridized carbons (Fsp3) is 0.381. The largest absolute Gasteiger partial charge is 0.484 e. The van der Waals surface area contributed by atoms with Crippen LogP contribution in [0.2, 0.25) is 5.02 Å². The molecule has 0 bridgehead atoms. The van der Waals surface area contributed by atoms with Gasteiger partial charge in [0.2, 0.25) is 0 Å². The first-order valence-electron chi connectivity index (χ1n) is 9.63. The number of rotatable bonds is 5. The van der Waals surface area contributed by atoms with Gasteiger partial charge in [0.05, 0.1) is 5.69 Å². The van der Waals surface area contributed by atoms with Crippen molar-refractivity contribution >= 4 is 35.0 Å². The van der Waals surface area contributed by atoms with Gasteiger partial charge in [0.25, 0.3) is 11.5 Å². The SMILES string of the molecule is CCC1CN(C(=O)COc2ccc(Cl)cc2)c2ccc(C(O)(C(F)(F)F)C(F)(F)F)cc2S1. The Morgan fingerprint density at radius 3 is 2.27 bits per heavy atom. The van der Waals surface area contributed by atoms with Crippen LogP contribution in [0.15, 0.2) is 47.4 Å². The zero-order valence-electron chi connectivity index (χ0n) is 17.0. The number of halogens is 7. The maximum atomic E-state index is 13.3. The first-order valence-corrected chi connectivity index (χ1v) is 10.9. The van der Waals surface area contributed by atoms with Gasteiger partial charge in [-0.15, -0.1) is 11.8 Å². The average Bonchev–Trinajstić information content (AvgIpc) is 2.75. The van der Waals surface area contributed by atoms with Crippen molar-refractivity contribution in [2.45, 2.75) is 41.4 Å². The molecule has 0 fully saturated rings. The molecule has 2 aromatic carbocycles. The smallest absolute Gasteiger partial charge is 0.430 e. The molecule has 12 heteroatoms. The van der Waals surface area contributed by atoms with Gasteiger partial charge in [0.1, 0.15) is 5.75 Å². The summed E-state index contributed by atoms with van der Waals surface area (Å²) in [5.74, 6) is -0.165. The predicted molar refractivity (Wildman–Crippen MR) is 112 cm³/mol. The second-order valence-electron chi connectivity index (χ2n) is 7.28. The summed E-state index contributed by atoms with van der Waals surface area (Å²) in [6.07, 6.45) is -11.5. The molecule has 4 nitrogen and oxygen atoms in total. The number of hydrogen-bond acceptors (Lipinski definition) is 4. The van der Waals surface area contributed by atoms with Crippen LogP contribution in [0, 0.1) is 0 Å². The van der Waals surface area contributed by atoms with E-state index in [1.54, 1.807) is 31.2 Å². The predicted octanol–water partition coefficient (Wildman–Crippen LogP) is 5.95. The molecule has 1 unspecified atom stereocenters. The summed E-state index contributed by atoms with van der Waals surface area (Å²) < 4.78 is 85.2. The quantitative estimate of drug-likeness (QED) is 0.502. The summed E-state index contributed by atoms with van der Waals surface area (Å²) in [5, 5.41) is 9.90. The number of amides is 1. The lowest BCUT2D eigenvalue weighted by Gasteiger charge is -2.36. The number of benzene rings is 2. The lowest BCUT2D eigenvalue weighted by Crippen LogP contribution is -2.54. The Bertz CT molecular complexity index is 999. The maximum Gasteiger partial charge on any atom is 0.430 e. The lowest BCUT2D eigenvalue weighted by molar-refractivity contribution is -0.376.